The fraction of sp³-hybridized carbons (Fsp3) is 0.462. The average Bonchev–Trinajstić information content (AvgIpc) is 2.31. The molecule has 4 nitrogen and oxygen atoms in total. The standard InChI is InChI=1S/C13H18FN3O/c1-17-6-2-3-10(8-17)16-9-4-5-12(14)11(7-9)13(15)18/h4-5,7,10,16H,2-3,6,8H2,1H3,(H2,15,18). The van der Waals surface area contributed by atoms with Gasteiger partial charge in [-0.05, 0) is 44.6 Å². The number of hydrogen-bond donors (Lipinski definition) is 2. The summed E-state index contributed by atoms with van der Waals surface area (Å²) in [6.45, 7) is 2.05. The van der Waals surface area contributed by atoms with Gasteiger partial charge in [-0.3, -0.25) is 4.79 Å². The molecular formula is C13H18FN3O. The van der Waals surface area contributed by atoms with Crippen LogP contribution in [0.3, 0.4) is 0 Å². The van der Waals surface area contributed by atoms with Crippen LogP contribution in [0, 0.1) is 5.82 Å². The number of nitrogens with zero attached hydrogens (tertiary/aromatic N) is 1. The van der Waals surface area contributed by atoms with Crippen molar-refractivity contribution in [2.45, 2.75) is 18.9 Å². The zero-order chi connectivity index (χ0) is 13.1. The van der Waals surface area contributed by atoms with Gasteiger partial charge < -0.3 is 16.0 Å². The monoisotopic (exact) mass is 251 g/mol. The number of amides is 1. The lowest BCUT2D eigenvalue weighted by atomic mass is 10.1. The number of benzene rings is 1. The molecule has 0 aliphatic carbocycles. The first-order valence-corrected chi connectivity index (χ1v) is 6.10. The molecule has 0 radical (unpaired) electrons. The van der Waals surface area contributed by atoms with Crippen LogP contribution in [-0.2, 0) is 0 Å². The predicted octanol–water partition coefficient (Wildman–Crippen LogP) is 1.43. The maximum Gasteiger partial charge on any atom is 0.251 e. The Labute approximate surface area is 106 Å². The van der Waals surface area contributed by atoms with Gasteiger partial charge in [0.15, 0.2) is 0 Å². The quantitative estimate of drug-likeness (QED) is 0.854. The van der Waals surface area contributed by atoms with Crippen LogP contribution in [0.4, 0.5) is 10.1 Å². The number of likely N-dealkylation sites (N-methyl/N-ethyl adjacent to an activating group) is 1. The van der Waals surface area contributed by atoms with Crippen molar-refractivity contribution in [1.29, 1.82) is 0 Å². The maximum atomic E-state index is 13.3. The number of hydrogen-bond acceptors (Lipinski definition) is 3. The van der Waals surface area contributed by atoms with E-state index in [0.29, 0.717) is 6.04 Å². The Morgan fingerprint density at radius 2 is 2.33 bits per heavy atom. The van der Waals surface area contributed by atoms with E-state index in [1.165, 1.54) is 12.1 Å². The normalized spacial score (nSPS) is 20.7. The van der Waals surface area contributed by atoms with Crippen molar-refractivity contribution < 1.29 is 9.18 Å². The summed E-state index contributed by atoms with van der Waals surface area (Å²) in [6, 6.07) is 4.72. The van der Waals surface area contributed by atoms with Crippen LogP contribution < -0.4 is 11.1 Å². The zero-order valence-corrected chi connectivity index (χ0v) is 10.4. The van der Waals surface area contributed by atoms with E-state index in [4.69, 9.17) is 5.73 Å². The number of piperidine rings is 1. The first-order valence-electron chi connectivity index (χ1n) is 6.10. The number of halogens is 1. The van der Waals surface area contributed by atoms with Gasteiger partial charge in [0.25, 0.3) is 5.91 Å². The van der Waals surface area contributed by atoms with E-state index in [-0.39, 0.29) is 5.56 Å². The highest BCUT2D eigenvalue weighted by molar-refractivity contribution is 5.94. The predicted molar refractivity (Wildman–Crippen MR) is 69.1 cm³/mol. The lowest BCUT2D eigenvalue weighted by Crippen LogP contribution is -2.39. The Balaban J connectivity index is 2.09. The van der Waals surface area contributed by atoms with E-state index in [0.717, 1.165) is 31.6 Å². The number of likely N-dealkylation sites (tertiary alicyclic amines) is 1. The molecule has 1 aromatic carbocycles. The lowest BCUT2D eigenvalue weighted by molar-refractivity contribution is 0.0996. The van der Waals surface area contributed by atoms with Gasteiger partial charge in [-0.15, -0.1) is 0 Å². The van der Waals surface area contributed by atoms with E-state index < -0.39 is 11.7 Å². The Morgan fingerprint density at radius 1 is 1.56 bits per heavy atom. The first kappa shape index (κ1) is 12.8. The third-order valence-corrected chi connectivity index (χ3v) is 3.23. The van der Waals surface area contributed by atoms with E-state index in [1.54, 1.807) is 6.07 Å². The molecule has 1 unspecified atom stereocenters. The SMILES string of the molecule is CN1CCCC(Nc2ccc(F)c(C(N)=O)c2)C1. The van der Waals surface area contributed by atoms with Gasteiger partial charge in [-0.1, -0.05) is 0 Å². The largest absolute Gasteiger partial charge is 0.381 e. The Hall–Kier alpha value is -1.62. The van der Waals surface area contributed by atoms with Gasteiger partial charge in [0, 0.05) is 18.3 Å². The second kappa shape index (κ2) is 5.35. The molecule has 0 spiro atoms. The van der Waals surface area contributed by atoms with Crippen LogP contribution in [-0.4, -0.2) is 37.0 Å². The van der Waals surface area contributed by atoms with Crippen molar-refractivity contribution in [2.75, 3.05) is 25.5 Å². The van der Waals surface area contributed by atoms with Crippen LogP contribution in [0.5, 0.6) is 0 Å². The minimum atomic E-state index is -0.739. The number of nitrogens with one attached hydrogen (secondary N) is 1. The number of nitrogens with two attached hydrogens (primary N) is 1. The van der Waals surface area contributed by atoms with Crippen molar-refractivity contribution in [1.82, 2.24) is 4.90 Å². The molecule has 0 saturated carbocycles. The summed E-state index contributed by atoms with van der Waals surface area (Å²) in [7, 11) is 2.08. The molecule has 98 valence electrons. The molecule has 1 aliphatic heterocycles. The van der Waals surface area contributed by atoms with E-state index in [2.05, 4.69) is 17.3 Å². The van der Waals surface area contributed by atoms with Crippen LogP contribution in [0.15, 0.2) is 18.2 Å². The zero-order valence-electron chi connectivity index (χ0n) is 10.4. The van der Waals surface area contributed by atoms with Gasteiger partial charge in [0.05, 0.1) is 5.56 Å². The minimum Gasteiger partial charge on any atom is -0.381 e. The average molecular weight is 251 g/mol. The minimum absolute atomic E-state index is 0.0656. The Kier molecular flexibility index (Phi) is 3.81. The van der Waals surface area contributed by atoms with Crippen LogP contribution in [0.25, 0.3) is 0 Å². The molecule has 3 N–H and O–H groups in total. The molecule has 0 aromatic heterocycles. The van der Waals surface area contributed by atoms with Gasteiger partial charge in [0.1, 0.15) is 5.82 Å². The number of primary amides is 1. The third-order valence-electron chi connectivity index (χ3n) is 3.23. The summed E-state index contributed by atoms with van der Waals surface area (Å²) in [6.07, 6.45) is 2.21. The second-order valence-electron chi connectivity index (χ2n) is 4.80. The number of rotatable bonds is 3. The highest BCUT2D eigenvalue weighted by Gasteiger charge is 2.17. The fourth-order valence-corrected chi connectivity index (χ4v) is 2.32. The van der Waals surface area contributed by atoms with Gasteiger partial charge >= 0.3 is 0 Å². The maximum absolute atomic E-state index is 13.3. The number of carbonyl (C=O) groups excluding carboxylic acids is 1. The summed E-state index contributed by atoms with van der Waals surface area (Å²) >= 11 is 0. The number of anilines is 1. The lowest BCUT2D eigenvalue weighted by Gasteiger charge is -2.31. The van der Waals surface area contributed by atoms with Crippen LogP contribution in [0.1, 0.15) is 23.2 Å². The molecule has 2 rings (SSSR count). The molecule has 1 heterocycles. The smallest absolute Gasteiger partial charge is 0.251 e. The summed E-state index contributed by atoms with van der Waals surface area (Å²) in [4.78, 5) is 13.3. The second-order valence-corrected chi connectivity index (χ2v) is 4.80. The van der Waals surface area contributed by atoms with E-state index in [9.17, 15) is 9.18 Å². The summed E-state index contributed by atoms with van der Waals surface area (Å²) in [5.74, 6) is -1.31. The highest BCUT2D eigenvalue weighted by atomic mass is 19.1. The van der Waals surface area contributed by atoms with Crippen molar-refractivity contribution >= 4 is 11.6 Å². The van der Waals surface area contributed by atoms with Crippen molar-refractivity contribution in [3.63, 3.8) is 0 Å². The molecular weight excluding hydrogens is 233 g/mol. The first-order chi connectivity index (χ1) is 8.56. The van der Waals surface area contributed by atoms with Crippen molar-refractivity contribution in [3.8, 4) is 0 Å². The summed E-state index contributed by atoms with van der Waals surface area (Å²) in [5, 5.41) is 3.32. The Bertz CT molecular complexity index is 450. The molecule has 1 aliphatic rings. The van der Waals surface area contributed by atoms with Gasteiger partial charge in [-0.2, -0.15) is 0 Å². The van der Waals surface area contributed by atoms with Gasteiger partial charge in [-0.25, -0.2) is 4.39 Å². The van der Waals surface area contributed by atoms with Gasteiger partial charge in [0.2, 0.25) is 0 Å². The molecule has 1 fully saturated rings. The molecule has 1 atom stereocenters. The van der Waals surface area contributed by atoms with E-state index in [1.807, 2.05) is 0 Å². The molecule has 1 aromatic rings. The molecule has 0 bridgehead atoms. The van der Waals surface area contributed by atoms with Crippen molar-refractivity contribution in [2.24, 2.45) is 5.73 Å². The number of carbonyl (C=O) groups is 1. The molecule has 1 amide bonds. The summed E-state index contributed by atoms with van der Waals surface area (Å²) < 4.78 is 13.3. The Morgan fingerprint density at radius 3 is 3.00 bits per heavy atom. The fourth-order valence-electron chi connectivity index (χ4n) is 2.32. The topological polar surface area (TPSA) is 58.4 Å². The third kappa shape index (κ3) is 2.98. The van der Waals surface area contributed by atoms with E-state index >= 15 is 0 Å². The van der Waals surface area contributed by atoms with Crippen molar-refractivity contribution in [3.05, 3.63) is 29.6 Å². The molecule has 5 heteroatoms. The summed E-state index contributed by atoms with van der Waals surface area (Å²) in [5.41, 5.74) is 5.80. The van der Waals surface area contributed by atoms with Crippen LogP contribution >= 0.6 is 0 Å². The molecule has 18 heavy (non-hydrogen) atoms. The van der Waals surface area contributed by atoms with Crippen LogP contribution in [0.2, 0.25) is 0 Å². The highest BCUT2D eigenvalue weighted by Crippen LogP contribution is 2.18. The molecule has 1 saturated heterocycles.